The van der Waals surface area contributed by atoms with Gasteiger partial charge >= 0.3 is 11.9 Å². The maximum absolute atomic E-state index is 12.1. The van der Waals surface area contributed by atoms with Gasteiger partial charge in [0, 0.05) is 23.7 Å². The van der Waals surface area contributed by atoms with Gasteiger partial charge in [-0.1, -0.05) is 0 Å². The first-order valence-corrected chi connectivity index (χ1v) is 7.25. The Balaban J connectivity index is 2.46. The highest BCUT2D eigenvalue weighted by Gasteiger charge is 2.26. The van der Waals surface area contributed by atoms with Gasteiger partial charge in [-0.2, -0.15) is 0 Å². The maximum atomic E-state index is 12.1. The molecule has 2 aromatic heterocycles. The molecule has 122 valence electrons. The molecule has 0 aliphatic heterocycles. The molecule has 0 aliphatic carbocycles. The van der Waals surface area contributed by atoms with E-state index in [0.717, 1.165) is 0 Å². The third kappa shape index (κ3) is 3.68. The summed E-state index contributed by atoms with van der Waals surface area (Å²) in [6, 6.07) is 3.42. The molecule has 0 fully saturated rings. The summed E-state index contributed by atoms with van der Waals surface area (Å²) in [6.07, 6.45) is 2.96. The second-order valence-electron chi connectivity index (χ2n) is 4.65. The van der Waals surface area contributed by atoms with Crippen molar-refractivity contribution in [3.05, 3.63) is 35.8 Å². The summed E-state index contributed by atoms with van der Waals surface area (Å²) in [5.41, 5.74) is 1.09. The van der Waals surface area contributed by atoms with Gasteiger partial charge in [0.2, 0.25) is 0 Å². The van der Waals surface area contributed by atoms with Gasteiger partial charge in [-0.05, 0) is 26.0 Å². The van der Waals surface area contributed by atoms with Crippen molar-refractivity contribution >= 4 is 11.9 Å². The molecule has 2 heterocycles. The van der Waals surface area contributed by atoms with Crippen molar-refractivity contribution in [2.75, 3.05) is 13.2 Å². The van der Waals surface area contributed by atoms with Gasteiger partial charge in [0.1, 0.15) is 5.56 Å². The van der Waals surface area contributed by atoms with Crippen LogP contribution in [0.2, 0.25) is 0 Å². The highest BCUT2D eigenvalue weighted by molar-refractivity contribution is 5.98. The number of nitrogens with zero attached hydrogens (tertiary/aromatic N) is 1. The lowest BCUT2D eigenvalue weighted by Gasteiger charge is -2.04. The molecule has 2 N–H and O–H groups in total. The third-order valence-electron chi connectivity index (χ3n) is 3.11. The van der Waals surface area contributed by atoms with Gasteiger partial charge in [0.15, 0.2) is 5.75 Å². The molecular formula is C16H18N2O5. The standard InChI is InChI=1S/C16H18N2O5/c1-3-22-12(19)8-11-13(16(21)23-4-2)15(20)14(18-11)10-6-5-7-17-9-10/h5-7,9,18,20H,3-4,8H2,1-2H3. The topological polar surface area (TPSA) is 102 Å². The second kappa shape index (κ2) is 7.44. The van der Waals surface area contributed by atoms with Gasteiger partial charge in [0.05, 0.1) is 25.3 Å². The van der Waals surface area contributed by atoms with Gasteiger partial charge < -0.3 is 19.6 Å². The molecule has 2 rings (SSSR count). The van der Waals surface area contributed by atoms with E-state index in [1.807, 2.05) is 0 Å². The van der Waals surface area contributed by atoms with Crippen LogP contribution in [0.5, 0.6) is 5.75 Å². The van der Waals surface area contributed by atoms with Crippen molar-refractivity contribution in [2.24, 2.45) is 0 Å². The van der Waals surface area contributed by atoms with Crippen molar-refractivity contribution in [2.45, 2.75) is 20.3 Å². The fourth-order valence-electron chi connectivity index (χ4n) is 2.17. The zero-order valence-electron chi connectivity index (χ0n) is 13.0. The van der Waals surface area contributed by atoms with Crippen LogP contribution in [-0.2, 0) is 20.7 Å². The Kier molecular flexibility index (Phi) is 5.35. The summed E-state index contributed by atoms with van der Waals surface area (Å²) in [7, 11) is 0. The summed E-state index contributed by atoms with van der Waals surface area (Å²) in [6.45, 7) is 3.74. The Morgan fingerprint density at radius 3 is 2.61 bits per heavy atom. The van der Waals surface area contributed by atoms with Gasteiger partial charge in [-0.15, -0.1) is 0 Å². The number of aromatic nitrogens is 2. The predicted molar refractivity (Wildman–Crippen MR) is 82.0 cm³/mol. The molecule has 0 amide bonds. The summed E-state index contributed by atoms with van der Waals surface area (Å²) in [4.78, 5) is 30.7. The second-order valence-corrected chi connectivity index (χ2v) is 4.65. The van der Waals surface area contributed by atoms with Crippen molar-refractivity contribution in [1.82, 2.24) is 9.97 Å². The van der Waals surface area contributed by atoms with Crippen LogP contribution in [0.4, 0.5) is 0 Å². The van der Waals surface area contributed by atoms with Crippen molar-refractivity contribution < 1.29 is 24.2 Å². The Hall–Kier alpha value is -2.83. The SMILES string of the molecule is CCOC(=O)Cc1[nH]c(-c2cccnc2)c(O)c1C(=O)OCC. The molecule has 0 unspecified atom stereocenters. The summed E-state index contributed by atoms with van der Waals surface area (Å²) < 4.78 is 9.84. The average molecular weight is 318 g/mol. The fraction of sp³-hybridized carbons (Fsp3) is 0.312. The average Bonchev–Trinajstić information content (AvgIpc) is 2.85. The number of rotatable bonds is 6. The molecular weight excluding hydrogens is 300 g/mol. The molecule has 0 radical (unpaired) electrons. The summed E-state index contributed by atoms with van der Waals surface area (Å²) >= 11 is 0. The van der Waals surface area contributed by atoms with Gasteiger partial charge in [-0.25, -0.2) is 4.79 Å². The summed E-state index contributed by atoms with van der Waals surface area (Å²) in [5.74, 6) is -1.47. The van der Waals surface area contributed by atoms with E-state index in [2.05, 4.69) is 9.97 Å². The van der Waals surface area contributed by atoms with E-state index >= 15 is 0 Å². The number of aromatic amines is 1. The van der Waals surface area contributed by atoms with Crippen molar-refractivity contribution in [3.63, 3.8) is 0 Å². The smallest absolute Gasteiger partial charge is 0.343 e. The Bertz CT molecular complexity index is 694. The number of aromatic hydroxyl groups is 1. The molecule has 0 bridgehead atoms. The largest absolute Gasteiger partial charge is 0.505 e. The number of hydrogen-bond acceptors (Lipinski definition) is 6. The minimum Gasteiger partial charge on any atom is -0.505 e. The number of hydrogen-bond donors (Lipinski definition) is 2. The number of H-pyrrole nitrogens is 1. The third-order valence-corrected chi connectivity index (χ3v) is 3.11. The Morgan fingerprint density at radius 2 is 2.00 bits per heavy atom. The Morgan fingerprint density at radius 1 is 1.26 bits per heavy atom. The lowest BCUT2D eigenvalue weighted by Crippen LogP contribution is -2.12. The monoisotopic (exact) mass is 318 g/mol. The lowest BCUT2D eigenvalue weighted by atomic mass is 10.1. The highest BCUT2D eigenvalue weighted by Crippen LogP contribution is 2.34. The number of pyridine rings is 1. The van der Waals surface area contributed by atoms with E-state index in [-0.39, 0.29) is 36.6 Å². The van der Waals surface area contributed by atoms with E-state index in [1.54, 1.807) is 32.2 Å². The normalized spacial score (nSPS) is 10.3. The number of ether oxygens (including phenoxy) is 2. The van der Waals surface area contributed by atoms with Gasteiger partial charge in [-0.3, -0.25) is 9.78 Å². The van der Waals surface area contributed by atoms with Crippen molar-refractivity contribution in [3.8, 4) is 17.0 Å². The molecule has 23 heavy (non-hydrogen) atoms. The minimum absolute atomic E-state index is 0.0567. The summed E-state index contributed by atoms with van der Waals surface area (Å²) in [5, 5.41) is 10.4. The number of carbonyl (C=O) groups excluding carboxylic acids is 2. The molecule has 0 spiro atoms. The van der Waals surface area contributed by atoms with Crippen LogP contribution in [-0.4, -0.2) is 40.2 Å². The molecule has 0 aromatic carbocycles. The van der Waals surface area contributed by atoms with Crippen molar-refractivity contribution in [1.29, 1.82) is 0 Å². The van der Waals surface area contributed by atoms with Crippen LogP contribution in [0, 0.1) is 0 Å². The number of carbonyl (C=O) groups is 2. The van der Waals surface area contributed by atoms with Crippen LogP contribution in [0.15, 0.2) is 24.5 Å². The van der Waals surface area contributed by atoms with Gasteiger partial charge in [0.25, 0.3) is 0 Å². The van der Waals surface area contributed by atoms with Crippen LogP contribution in [0.3, 0.4) is 0 Å². The maximum Gasteiger partial charge on any atom is 0.343 e. The van der Waals surface area contributed by atoms with Crippen LogP contribution >= 0.6 is 0 Å². The molecule has 0 saturated carbocycles. The van der Waals surface area contributed by atoms with E-state index in [9.17, 15) is 14.7 Å². The molecule has 0 aliphatic rings. The number of esters is 2. The van der Waals surface area contributed by atoms with Crippen LogP contribution in [0.1, 0.15) is 29.9 Å². The van der Waals surface area contributed by atoms with Crippen LogP contribution in [0.25, 0.3) is 11.3 Å². The lowest BCUT2D eigenvalue weighted by molar-refractivity contribution is -0.142. The molecule has 0 saturated heterocycles. The molecule has 2 aromatic rings. The quantitative estimate of drug-likeness (QED) is 0.791. The van der Waals surface area contributed by atoms with Crippen LogP contribution < -0.4 is 0 Å². The first-order chi connectivity index (χ1) is 11.1. The Labute approximate surface area is 133 Å². The first kappa shape index (κ1) is 16.5. The van der Waals surface area contributed by atoms with E-state index < -0.39 is 11.9 Å². The first-order valence-electron chi connectivity index (χ1n) is 7.25. The van der Waals surface area contributed by atoms with E-state index in [0.29, 0.717) is 11.3 Å². The highest BCUT2D eigenvalue weighted by atomic mass is 16.5. The fourth-order valence-corrected chi connectivity index (χ4v) is 2.17. The van der Waals surface area contributed by atoms with E-state index in [1.165, 1.54) is 6.20 Å². The zero-order chi connectivity index (χ0) is 16.8. The predicted octanol–water partition coefficient (Wildman–Crippen LogP) is 2.06. The molecule has 7 nitrogen and oxygen atoms in total. The molecule has 7 heteroatoms. The number of nitrogens with one attached hydrogen (secondary N) is 1. The minimum atomic E-state index is -0.698. The zero-order valence-corrected chi connectivity index (χ0v) is 13.0. The molecule has 0 atom stereocenters. The van der Waals surface area contributed by atoms with E-state index in [4.69, 9.17) is 9.47 Å².